The first kappa shape index (κ1) is 15.9. The normalized spacial score (nSPS) is 19.1. The first-order valence-corrected chi connectivity index (χ1v) is 7.04. The number of rotatable bonds is 2. The predicted octanol–water partition coefficient (Wildman–Crippen LogP) is 1.75. The molecule has 3 N–H and O–H groups in total. The molecule has 2 aliphatic rings. The van der Waals surface area contributed by atoms with E-state index in [4.69, 9.17) is 0 Å². The Bertz CT molecular complexity index is 88.6. The number of hydrogen-bond donors (Lipinski definition) is 3. The molecule has 0 amide bonds. The lowest BCUT2D eigenvalue weighted by Crippen LogP contribution is -2.21. The molecule has 0 atom stereocenters. The fourth-order valence-corrected chi connectivity index (χ4v) is 1.68. The minimum absolute atomic E-state index is 1.09. The van der Waals surface area contributed by atoms with E-state index in [1.807, 2.05) is 0 Å². The number of nitrogens with one attached hydrogen (secondary N) is 3. The smallest absolute Gasteiger partial charge is 0.00484 e. The first-order chi connectivity index (χ1) is 7.91. The molecule has 0 unspecified atom stereocenters. The van der Waals surface area contributed by atoms with Gasteiger partial charge >= 0.3 is 0 Å². The van der Waals surface area contributed by atoms with Gasteiger partial charge in [0.25, 0.3) is 0 Å². The van der Waals surface area contributed by atoms with Crippen LogP contribution in [0.5, 0.6) is 0 Å². The molecule has 16 heavy (non-hydrogen) atoms. The third kappa shape index (κ3) is 13.9. The third-order valence-electron chi connectivity index (χ3n) is 2.66. The molecule has 3 heteroatoms. The van der Waals surface area contributed by atoms with Crippen molar-refractivity contribution in [2.75, 3.05) is 39.3 Å². The summed E-state index contributed by atoms with van der Waals surface area (Å²) in [4.78, 5) is 0. The molecule has 0 bridgehead atoms. The van der Waals surface area contributed by atoms with Crippen LogP contribution >= 0.6 is 0 Å². The van der Waals surface area contributed by atoms with Crippen molar-refractivity contribution in [2.45, 2.75) is 46.0 Å². The Morgan fingerprint density at radius 1 is 0.688 bits per heavy atom. The largest absolute Gasteiger partial charge is 0.317 e. The van der Waals surface area contributed by atoms with Gasteiger partial charge in [0.05, 0.1) is 0 Å². The molecular formula is C13H31N3. The van der Waals surface area contributed by atoms with Crippen molar-refractivity contribution >= 4 is 0 Å². The van der Waals surface area contributed by atoms with E-state index >= 15 is 0 Å². The maximum atomic E-state index is 3.28. The molecule has 0 aliphatic carbocycles. The Labute approximate surface area is 102 Å². The number of piperidine rings is 1. The molecule has 0 saturated carbocycles. The second kappa shape index (κ2) is 14.9. The summed E-state index contributed by atoms with van der Waals surface area (Å²) in [5.74, 6) is 0. The molecule has 0 aromatic carbocycles. The Hall–Kier alpha value is -0.120. The molecule has 98 valence electrons. The topological polar surface area (TPSA) is 36.1 Å². The molecule has 2 heterocycles. The van der Waals surface area contributed by atoms with Crippen LogP contribution in [0, 0.1) is 0 Å². The summed E-state index contributed by atoms with van der Waals surface area (Å²) in [6, 6.07) is 0. The van der Waals surface area contributed by atoms with E-state index in [1.54, 1.807) is 0 Å². The first-order valence-electron chi connectivity index (χ1n) is 7.04. The molecule has 2 saturated heterocycles. The Balaban J connectivity index is 0.000000213. The minimum Gasteiger partial charge on any atom is -0.317 e. The van der Waals surface area contributed by atoms with Gasteiger partial charge in [-0.15, -0.1) is 0 Å². The molecule has 2 aliphatic heterocycles. The van der Waals surface area contributed by atoms with Crippen molar-refractivity contribution in [3.8, 4) is 0 Å². The van der Waals surface area contributed by atoms with Crippen molar-refractivity contribution in [3.63, 3.8) is 0 Å². The fourth-order valence-electron chi connectivity index (χ4n) is 1.68. The number of hydrogen-bond acceptors (Lipinski definition) is 3. The van der Waals surface area contributed by atoms with Crippen molar-refractivity contribution in [1.82, 2.24) is 16.0 Å². The van der Waals surface area contributed by atoms with Crippen LogP contribution in [-0.2, 0) is 0 Å². The fraction of sp³-hybridized carbons (Fsp3) is 1.00. The van der Waals surface area contributed by atoms with Crippen LogP contribution in [-0.4, -0.2) is 39.3 Å². The molecule has 0 spiro atoms. The van der Waals surface area contributed by atoms with Gasteiger partial charge in [-0.2, -0.15) is 0 Å². The summed E-state index contributed by atoms with van der Waals surface area (Å²) < 4.78 is 0. The van der Waals surface area contributed by atoms with Gasteiger partial charge in [-0.25, -0.2) is 0 Å². The maximum Gasteiger partial charge on any atom is -0.00484 e. The van der Waals surface area contributed by atoms with Gasteiger partial charge in [-0.3, -0.25) is 0 Å². The van der Waals surface area contributed by atoms with Crippen molar-refractivity contribution in [1.29, 1.82) is 0 Å². The van der Waals surface area contributed by atoms with E-state index in [0.717, 1.165) is 13.1 Å². The summed E-state index contributed by atoms with van der Waals surface area (Å²) >= 11 is 0. The Kier molecular flexibility index (Phi) is 14.8. The van der Waals surface area contributed by atoms with Crippen LogP contribution in [0.2, 0.25) is 0 Å². The summed E-state index contributed by atoms with van der Waals surface area (Å²) in [6.07, 6.45) is 6.99. The van der Waals surface area contributed by atoms with Gasteiger partial charge in [0.2, 0.25) is 0 Å². The lowest BCUT2D eigenvalue weighted by atomic mass is 10.2. The summed E-state index contributed by atoms with van der Waals surface area (Å²) in [5, 5.41) is 9.62. The molecular weight excluding hydrogens is 198 g/mol. The maximum absolute atomic E-state index is 3.28. The minimum atomic E-state index is 1.09. The van der Waals surface area contributed by atoms with Crippen LogP contribution < -0.4 is 16.0 Å². The van der Waals surface area contributed by atoms with Crippen LogP contribution in [0.25, 0.3) is 0 Å². The lowest BCUT2D eigenvalue weighted by Gasteiger charge is -2.08. The molecule has 0 radical (unpaired) electrons. The quantitative estimate of drug-likeness (QED) is 0.675. The van der Waals surface area contributed by atoms with E-state index in [2.05, 4.69) is 29.8 Å². The second-order valence-electron chi connectivity index (χ2n) is 4.22. The Morgan fingerprint density at radius 2 is 1.06 bits per heavy atom. The average molecular weight is 229 g/mol. The van der Waals surface area contributed by atoms with Crippen molar-refractivity contribution < 1.29 is 0 Å². The van der Waals surface area contributed by atoms with E-state index in [1.165, 1.54) is 58.3 Å². The summed E-state index contributed by atoms with van der Waals surface area (Å²) in [5.41, 5.74) is 0. The molecule has 3 nitrogen and oxygen atoms in total. The van der Waals surface area contributed by atoms with Crippen LogP contribution in [0.3, 0.4) is 0 Å². The van der Waals surface area contributed by atoms with Crippen LogP contribution in [0.15, 0.2) is 0 Å². The SMILES string of the molecule is C1CCNC1.C1CCNCC1.CCNCC. The highest BCUT2D eigenvalue weighted by molar-refractivity contribution is 4.56. The molecule has 2 rings (SSSR count). The third-order valence-corrected chi connectivity index (χ3v) is 2.66. The molecule has 2 fully saturated rings. The van der Waals surface area contributed by atoms with Gasteiger partial charge in [-0.05, 0) is 65.0 Å². The monoisotopic (exact) mass is 229 g/mol. The lowest BCUT2D eigenvalue weighted by molar-refractivity contribution is 0.520. The Morgan fingerprint density at radius 3 is 1.19 bits per heavy atom. The van der Waals surface area contributed by atoms with Crippen molar-refractivity contribution in [2.24, 2.45) is 0 Å². The van der Waals surface area contributed by atoms with Gasteiger partial charge in [0.15, 0.2) is 0 Å². The van der Waals surface area contributed by atoms with Crippen molar-refractivity contribution in [3.05, 3.63) is 0 Å². The summed E-state index contributed by atoms with van der Waals surface area (Å²) in [6.45, 7) is 11.4. The van der Waals surface area contributed by atoms with Gasteiger partial charge in [0, 0.05) is 0 Å². The molecule has 0 aromatic heterocycles. The van der Waals surface area contributed by atoms with Gasteiger partial charge in [0.1, 0.15) is 0 Å². The van der Waals surface area contributed by atoms with Crippen LogP contribution in [0.1, 0.15) is 46.0 Å². The highest BCUT2D eigenvalue weighted by atomic mass is 14.9. The molecule has 0 aromatic rings. The van der Waals surface area contributed by atoms with E-state index in [9.17, 15) is 0 Å². The summed E-state index contributed by atoms with van der Waals surface area (Å²) in [7, 11) is 0. The highest BCUT2D eigenvalue weighted by Crippen LogP contribution is 1.96. The van der Waals surface area contributed by atoms with E-state index in [-0.39, 0.29) is 0 Å². The predicted molar refractivity (Wildman–Crippen MR) is 73.0 cm³/mol. The van der Waals surface area contributed by atoms with E-state index in [0.29, 0.717) is 0 Å². The van der Waals surface area contributed by atoms with Gasteiger partial charge in [-0.1, -0.05) is 20.3 Å². The van der Waals surface area contributed by atoms with E-state index < -0.39 is 0 Å². The van der Waals surface area contributed by atoms with Crippen LogP contribution in [0.4, 0.5) is 0 Å². The second-order valence-corrected chi connectivity index (χ2v) is 4.22. The average Bonchev–Trinajstić information content (AvgIpc) is 2.92. The standard InChI is InChI=1S/C5H11N.C4H9N.C4H11N/c1-2-4-6-5-3-1;1-2-4-5-3-1;1-3-5-4-2/h6H,1-5H2;5H,1-4H2;5H,3-4H2,1-2H3. The highest BCUT2D eigenvalue weighted by Gasteiger charge is 1.94. The zero-order chi connectivity index (χ0) is 11.9. The zero-order valence-corrected chi connectivity index (χ0v) is 11.3. The van der Waals surface area contributed by atoms with Gasteiger partial charge < -0.3 is 16.0 Å². The zero-order valence-electron chi connectivity index (χ0n) is 11.3.